The summed E-state index contributed by atoms with van der Waals surface area (Å²) in [6.45, 7) is 7.95. The van der Waals surface area contributed by atoms with E-state index in [2.05, 4.69) is 46.3 Å². The third-order valence-corrected chi connectivity index (χ3v) is 7.02. The molecule has 0 bridgehead atoms. The van der Waals surface area contributed by atoms with Gasteiger partial charge in [0.25, 0.3) is 0 Å². The molecule has 4 nitrogen and oxygen atoms in total. The van der Waals surface area contributed by atoms with Crippen molar-refractivity contribution >= 4 is 5.69 Å². The molecule has 0 spiro atoms. The number of morpholine rings is 1. The summed E-state index contributed by atoms with van der Waals surface area (Å²) < 4.78 is 6.15. The molecule has 4 fully saturated rings. The van der Waals surface area contributed by atoms with E-state index >= 15 is 0 Å². The second-order valence-corrected chi connectivity index (χ2v) is 8.96. The van der Waals surface area contributed by atoms with Crippen molar-refractivity contribution in [3.8, 4) is 0 Å². The molecule has 4 aliphatic rings. The Kier molecular flexibility index (Phi) is 4.68. The highest BCUT2D eigenvalue weighted by molar-refractivity contribution is 5.53. The van der Waals surface area contributed by atoms with Crippen LogP contribution in [0.4, 0.5) is 5.69 Å². The molecular formula is C22H33N3O. The lowest BCUT2D eigenvalue weighted by Crippen LogP contribution is -2.48. The van der Waals surface area contributed by atoms with Crippen molar-refractivity contribution in [1.82, 2.24) is 10.2 Å². The van der Waals surface area contributed by atoms with Crippen LogP contribution in [0, 0.1) is 12.8 Å². The molecule has 5 rings (SSSR count). The normalized spacial score (nSPS) is 33.4. The molecule has 1 aromatic rings. The molecule has 3 aliphatic heterocycles. The Morgan fingerprint density at radius 1 is 1.00 bits per heavy atom. The van der Waals surface area contributed by atoms with Gasteiger partial charge in [-0.1, -0.05) is 18.2 Å². The van der Waals surface area contributed by atoms with Gasteiger partial charge in [0.2, 0.25) is 0 Å². The fourth-order valence-corrected chi connectivity index (χ4v) is 5.31. The van der Waals surface area contributed by atoms with Crippen molar-refractivity contribution in [3.05, 3.63) is 29.8 Å². The Labute approximate surface area is 157 Å². The van der Waals surface area contributed by atoms with E-state index < -0.39 is 0 Å². The lowest BCUT2D eigenvalue weighted by molar-refractivity contribution is -0.0581. The standard InChI is InChI=1S/C22H33N3O/c1-16-4-2-3-5-21(16)24-10-8-18(9-11-24)23-19-12-20-15-26-22(17-6-7-17)14-25(20)13-19/h2-5,17-20,22-23H,6-15H2,1H3/t19-,20+,22-/m1/s1. The van der Waals surface area contributed by atoms with Crippen molar-refractivity contribution in [2.75, 3.05) is 37.7 Å². The Bertz CT molecular complexity index is 624. The molecule has 0 radical (unpaired) electrons. The summed E-state index contributed by atoms with van der Waals surface area (Å²) in [5.41, 5.74) is 2.82. The number of piperidine rings is 1. The van der Waals surface area contributed by atoms with E-state index in [1.165, 1.54) is 69.5 Å². The molecular weight excluding hydrogens is 322 g/mol. The van der Waals surface area contributed by atoms with Gasteiger partial charge >= 0.3 is 0 Å². The SMILES string of the molecule is Cc1ccccc1N1CCC(N[C@@H]2C[C@H]3CO[C@@H](C4CC4)CN3C2)CC1. The molecule has 3 atom stereocenters. The zero-order chi connectivity index (χ0) is 17.5. The number of hydrogen-bond donors (Lipinski definition) is 1. The highest BCUT2D eigenvalue weighted by atomic mass is 16.5. The first-order valence-corrected chi connectivity index (χ1v) is 10.7. The molecule has 3 saturated heterocycles. The molecule has 1 aromatic carbocycles. The maximum Gasteiger partial charge on any atom is 0.0731 e. The molecule has 1 saturated carbocycles. The Hall–Kier alpha value is -1.10. The smallest absolute Gasteiger partial charge is 0.0731 e. The van der Waals surface area contributed by atoms with E-state index in [-0.39, 0.29) is 0 Å². The van der Waals surface area contributed by atoms with E-state index in [4.69, 9.17) is 4.74 Å². The molecule has 0 amide bonds. The molecule has 1 N–H and O–H groups in total. The summed E-state index contributed by atoms with van der Waals surface area (Å²) in [6.07, 6.45) is 7.11. The number of hydrogen-bond acceptors (Lipinski definition) is 4. The van der Waals surface area contributed by atoms with Gasteiger partial charge in [-0.25, -0.2) is 0 Å². The largest absolute Gasteiger partial charge is 0.375 e. The van der Waals surface area contributed by atoms with Gasteiger partial charge in [0.1, 0.15) is 0 Å². The number of fused-ring (bicyclic) bond motifs is 1. The molecule has 1 aliphatic carbocycles. The predicted molar refractivity (Wildman–Crippen MR) is 106 cm³/mol. The first-order chi connectivity index (χ1) is 12.8. The zero-order valence-electron chi connectivity index (χ0n) is 16.1. The van der Waals surface area contributed by atoms with Crippen molar-refractivity contribution in [2.24, 2.45) is 5.92 Å². The second-order valence-electron chi connectivity index (χ2n) is 8.96. The van der Waals surface area contributed by atoms with Crippen LogP contribution in [0.25, 0.3) is 0 Å². The summed E-state index contributed by atoms with van der Waals surface area (Å²) in [7, 11) is 0. The Balaban J connectivity index is 1.11. The van der Waals surface area contributed by atoms with Gasteiger partial charge in [0.15, 0.2) is 0 Å². The average molecular weight is 356 g/mol. The van der Waals surface area contributed by atoms with Gasteiger partial charge in [0.05, 0.1) is 12.7 Å². The Morgan fingerprint density at radius 2 is 1.81 bits per heavy atom. The minimum atomic E-state index is 0.530. The molecule has 26 heavy (non-hydrogen) atoms. The van der Waals surface area contributed by atoms with Gasteiger partial charge in [0, 0.05) is 50.0 Å². The maximum absolute atomic E-state index is 6.15. The summed E-state index contributed by atoms with van der Waals surface area (Å²) in [4.78, 5) is 5.28. The van der Waals surface area contributed by atoms with Crippen LogP contribution in [0.3, 0.4) is 0 Å². The number of nitrogens with one attached hydrogen (secondary N) is 1. The lowest BCUT2D eigenvalue weighted by atomic mass is 10.0. The Morgan fingerprint density at radius 3 is 2.58 bits per heavy atom. The third kappa shape index (κ3) is 3.51. The average Bonchev–Trinajstić information content (AvgIpc) is 3.43. The van der Waals surface area contributed by atoms with Crippen molar-refractivity contribution in [3.63, 3.8) is 0 Å². The number of benzene rings is 1. The van der Waals surface area contributed by atoms with Crippen LogP contribution in [0.15, 0.2) is 24.3 Å². The van der Waals surface area contributed by atoms with Gasteiger partial charge in [-0.3, -0.25) is 4.90 Å². The fourth-order valence-electron chi connectivity index (χ4n) is 5.31. The second kappa shape index (κ2) is 7.14. The van der Waals surface area contributed by atoms with E-state index in [0.717, 1.165) is 12.5 Å². The molecule has 3 heterocycles. The number of rotatable bonds is 4. The first kappa shape index (κ1) is 17.0. The topological polar surface area (TPSA) is 27.7 Å². The predicted octanol–water partition coefficient (Wildman–Crippen LogP) is 2.81. The van der Waals surface area contributed by atoms with E-state index in [0.29, 0.717) is 24.2 Å². The number of aryl methyl sites for hydroxylation is 1. The molecule has 142 valence electrons. The summed E-state index contributed by atoms with van der Waals surface area (Å²) in [5, 5.41) is 4.00. The van der Waals surface area contributed by atoms with Gasteiger partial charge in [-0.2, -0.15) is 0 Å². The van der Waals surface area contributed by atoms with Crippen LogP contribution in [0.2, 0.25) is 0 Å². The maximum atomic E-state index is 6.15. The van der Waals surface area contributed by atoms with E-state index in [1.807, 2.05) is 0 Å². The van der Waals surface area contributed by atoms with Crippen molar-refractivity contribution < 1.29 is 4.74 Å². The summed E-state index contributed by atoms with van der Waals surface area (Å²) in [5.74, 6) is 0.869. The first-order valence-electron chi connectivity index (χ1n) is 10.7. The molecule has 0 unspecified atom stereocenters. The summed E-state index contributed by atoms with van der Waals surface area (Å²) >= 11 is 0. The van der Waals surface area contributed by atoms with Crippen LogP contribution in [-0.2, 0) is 4.74 Å². The fraction of sp³-hybridized carbons (Fsp3) is 0.727. The number of ether oxygens (including phenoxy) is 1. The summed E-state index contributed by atoms with van der Waals surface area (Å²) in [6, 6.07) is 10.8. The van der Waals surface area contributed by atoms with Crippen LogP contribution in [-0.4, -0.2) is 61.9 Å². The zero-order valence-corrected chi connectivity index (χ0v) is 16.1. The quantitative estimate of drug-likeness (QED) is 0.899. The van der Waals surface area contributed by atoms with Crippen LogP contribution >= 0.6 is 0 Å². The van der Waals surface area contributed by atoms with Gasteiger partial charge in [-0.15, -0.1) is 0 Å². The minimum absolute atomic E-state index is 0.530. The molecule has 0 aromatic heterocycles. The van der Waals surface area contributed by atoms with Crippen molar-refractivity contribution in [1.29, 1.82) is 0 Å². The monoisotopic (exact) mass is 355 g/mol. The highest BCUT2D eigenvalue weighted by Crippen LogP contribution is 2.38. The van der Waals surface area contributed by atoms with Crippen LogP contribution in [0.1, 0.15) is 37.7 Å². The van der Waals surface area contributed by atoms with Gasteiger partial charge < -0.3 is 15.0 Å². The number of anilines is 1. The van der Waals surface area contributed by atoms with Crippen LogP contribution in [0.5, 0.6) is 0 Å². The van der Waals surface area contributed by atoms with Crippen molar-refractivity contribution in [2.45, 2.75) is 63.3 Å². The lowest BCUT2D eigenvalue weighted by Gasteiger charge is -2.36. The van der Waals surface area contributed by atoms with Gasteiger partial charge in [-0.05, 0) is 56.6 Å². The van der Waals surface area contributed by atoms with E-state index in [9.17, 15) is 0 Å². The number of nitrogens with zero attached hydrogens (tertiary/aromatic N) is 2. The highest BCUT2D eigenvalue weighted by Gasteiger charge is 2.42. The number of para-hydroxylation sites is 1. The third-order valence-electron chi connectivity index (χ3n) is 7.02. The van der Waals surface area contributed by atoms with E-state index in [1.54, 1.807) is 0 Å². The minimum Gasteiger partial charge on any atom is -0.375 e. The van der Waals surface area contributed by atoms with Crippen LogP contribution < -0.4 is 10.2 Å². The molecule has 4 heteroatoms.